The van der Waals surface area contributed by atoms with Crippen molar-refractivity contribution in [2.45, 2.75) is 19.4 Å². The first kappa shape index (κ1) is 20.3. The molecule has 2 N–H and O–H groups in total. The van der Waals surface area contributed by atoms with E-state index in [1.165, 1.54) is 0 Å². The molecule has 0 saturated heterocycles. The first-order valence-electron chi connectivity index (χ1n) is 9.48. The predicted octanol–water partition coefficient (Wildman–Crippen LogP) is 6.74. The van der Waals surface area contributed by atoms with Gasteiger partial charge in [0, 0.05) is 33.7 Å². The number of aliphatic carboxylic acids is 1. The molecule has 0 aliphatic rings. The number of aromatic nitrogens is 1. The Kier molecular flexibility index (Phi) is 5.98. The molecule has 4 rings (SSSR count). The highest BCUT2D eigenvalue weighted by molar-refractivity contribution is 6.34. The van der Waals surface area contributed by atoms with Crippen molar-refractivity contribution in [1.82, 2.24) is 4.98 Å². The summed E-state index contributed by atoms with van der Waals surface area (Å²) in [6.07, 6.45) is 2.44. The van der Waals surface area contributed by atoms with Crippen molar-refractivity contribution in [3.63, 3.8) is 0 Å². The maximum Gasteiger partial charge on any atom is 0.303 e. The number of H-pyrrole nitrogens is 1. The fourth-order valence-electron chi connectivity index (χ4n) is 3.41. The van der Waals surface area contributed by atoms with Crippen LogP contribution in [0, 0.1) is 0 Å². The molecule has 4 aromatic rings. The van der Waals surface area contributed by atoms with Crippen LogP contribution in [0.4, 0.5) is 0 Å². The van der Waals surface area contributed by atoms with Crippen molar-refractivity contribution < 1.29 is 14.6 Å². The number of carbonyl (C=O) groups is 1. The molecule has 0 unspecified atom stereocenters. The Balaban J connectivity index is 1.68. The number of ether oxygens (including phenoxy) is 1. The van der Waals surface area contributed by atoms with E-state index < -0.39 is 5.97 Å². The lowest BCUT2D eigenvalue weighted by molar-refractivity contribution is -0.136. The smallest absolute Gasteiger partial charge is 0.303 e. The molecule has 4 nitrogen and oxygen atoms in total. The zero-order valence-corrected chi connectivity index (χ0v) is 17.5. The molecular formula is C24H19Cl2NO3. The summed E-state index contributed by atoms with van der Waals surface area (Å²) in [7, 11) is 0. The number of carboxylic acid groups (broad SMARTS) is 1. The van der Waals surface area contributed by atoms with E-state index in [1.807, 2.05) is 54.7 Å². The monoisotopic (exact) mass is 439 g/mol. The Bertz CT molecular complexity index is 1200. The SMILES string of the molecule is O=C(O)CCc1ccc(OCc2cc(Cl)cc(Cl)c2)c(-c2ccc3[nH]ccc3c2)c1. The molecule has 0 bridgehead atoms. The van der Waals surface area contributed by atoms with Crippen molar-refractivity contribution in [2.24, 2.45) is 0 Å². The van der Waals surface area contributed by atoms with E-state index in [2.05, 4.69) is 11.1 Å². The van der Waals surface area contributed by atoms with Crippen LogP contribution in [0.3, 0.4) is 0 Å². The van der Waals surface area contributed by atoms with Crippen LogP contribution in [0.1, 0.15) is 17.5 Å². The molecule has 0 saturated carbocycles. The van der Waals surface area contributed by atoms with Gasteiger partial charge in [0.05, 0.1) is 0 Å². The summed E-state index contributed by atoms with van der Waals surface area (Å²) in [4.78, 5) is 14.2. The van der Waals surface area contributed by atoms with Crippen LogP contribution in [-0.4, -0.2) is 16.1 Å². The third kappa shape index (κ3) is 4.78. The Morgan fingerprint density at radius 3 is 2.50 bits per heavy atom. The minimum absolute atomic E-state index is 0.0809. The normalized spacial score (nSPS) is 11.0. The summed E-state index contributed by atoms with van der Waals surface area (Å²) in [5, 5.41) is 11.2. The van der Waals surface area contributed by atoms with Crippen LogP contribution in [-0.2, 0) is 17.8 Å². The largest absolute Gasteiger partial charge is 0.488 e. The van der Waals surface area contributed by atoms with Gasteiger partial charge >= 0.3 is 5.97 Å². The van der Waals surface area contributed by atoms with Crippen molar-refractivity contribution in [2.75, 3.05) is 0 Å². The number of nitrogens with one attached hydrogen (secondary N) is 1. The lowest BCUT2D eigenvalue weighted by atomic mass is 9.99. The highest BCUT2D eigenvalue weighted by atomic mass is 35.5. The number of fused-ring (bicyclic) bond motifs is 1. The lowest BCUT2D eigenvalue weighted by Gasteiger charge is -2.14. The first-order chi connectivity index (χ1) is 14.5. The lowest BCUT2D eigenvalue weighted by Crippen LogP contribution is -2.00. The van der Waals surface area contributed by atoms with Gasteiger partial charge in [0.25, 0.3) is 0 Å². The van der Waals surface area contributed by atoms with Crippen LogP contribution in [0.5, 0.6) is 5.75 Å². The number of aryl methyl sites for hydroxylation is 1. The molecule has 0 radical (unpaired) electrons. The van der Waals surface area contributed by atoms with Crippen LogP contribution in [0.15, 0.2) is 66.9 Å². The second-order valence-electron chi connectivity index (χ2n) is 7.07. The van der Waals surface area contributed by atoms with Gasteiger partial charge in [-0.3, -0.25) is 4.79 Å². The van der Waals surface area contributed by atoms with Gasteiger partial charge < -0.3 is 14.8 Å². The molecule has 0 spiro atoms. The van der Waals surface area contributed by atoms with Crippen LogP contribution < -0.4 is 4.74 Å². The fraction of sp³-hybridized carbons (Fsp3) is 0.125. The molecule has 6 heteroatoms. The van der Waals surface area contributed by atoms with Gasteiger partial charge in [-0.2, -0.15) is 0 Å². The van der Waals surface area contributed by atoms with Crippen LogP contribution >= 0.6 is 23.2 Å². The van der Waals surface area contributed by atoms with Gasteiger partial charge in [-0.1, -0.05) is 35.3 Å². The summed E-state index contributed by atoms with van der Waals surface area (Å²) < 4.78 is 6.12. The molecule has 0 fully saturated rings. The van der Waals surface area contributed by atoms with E-state index in [9.17, 15) is 4.79 Å². The molecular weight excluding hydrogens is 421 g/mol. The van der Waals surface area contributed by atoms with Gasteiger partial charge in [-0.25, -0.2) is 0 Å². The molecule has 3 aromatic carbocycles. The van der Waals surface area contributed by atoms with Gasteiger partial charge in [0.15, 0.2) is 0 Å². The molecule has 1 heterocycles. The number of hydrogen-bond acceptors (Lipinski definition) is 2. The van der Waals surface area contributed by atoms with E-state index in [0.717, 1.165) is 33.2 Å². The minimum atomic E-state index is -0.816. The maximum absolute atomic E-state index is 11.0. The zero-order valence-electron chi connectivity index (χ0n) is 16.0. The summed E-state index contributed by atoms with van der Waals surface area (Å²) in [5.74, 6) is -0.108. The Morgan fingerprint density at radius 2 is 1.73 bits per heavy atom. The van der Waals surface area contributed by atoms with Gasteiger partial charge in [0.2, 0.25) is 0 Å². The van der Waals surface area contributed by atoms with E-state index in [1.54, 1.807) is 6.07 Å². The maximum atomic E-state index is 11.0. The van der Waals surface area contributed by atoms with Crippen molar-refractivity contribution in [3.8, 4) is 16.9 Å². The molecule has 0 atom stereocenters. The van der Waals surface area contributed by atoms with Crippen molar-refractivity contribution in [3.05, 3.63) is 88.0 Å². The molecule has 0 aliphatic carbocycles. The van der Waals surface area contributed by atoms with E-state index in [-0.39, 0.29) is 6.42 Å². The third-order valence-corrected chi connectivity index (χ3v) is 5.29. The second-order valence-corrected chi connectivity index (χ2v) is 7.94. The highest BCUT2D eigenvalue weighted by Crippen LogP contribution is 2.34. The number of halogens is 2. The molecule has 152 valence electrons. The fourth-order valence-corrected chi connectivity index (χ4v) is 3.98. The van der Waals surface area contributed by atoms with E-state index in [4.69, 9.17) is 33.0 Å². The number of rotatable bonds is 7. The van der Waals surface area contributed by atoms with Gasteiger partial charge in [-0.15, -0.1) is 0 Å². The summed E-state index contributed by atoms with van der Waals surface area (Å²) >= 11 is 12.2. The molecule has 0 amide bonds. The van der Waals surface area contributed by atoms with E-state index in [0.29, 0.717) is 28.8 Å². The van der Waals surface area contributed by atoms with Crippen molar-refractivity contribution in [1.29, 1.82) is 0 Å². The summed E-state index contributed by atoms with van der Waals surface area (Å²) in [6.45, 7) is 0.314. The topological polar surface area (TPSA) is 62.3 Å². The number of hydrogen-bond donors (Lipinski definition) is 2. The number of benzene rings is 3. The standard InChI is InChI=1S/C24H19Cl2NO3/c25-19-9-16(10-20(26)13-19)14-30-23-5-1-15(2-6-24(28)29)11-21(23)17-3-4-22-18(12-17)7-8-27-22/h1,3-5,7-13,27H,2,6,14H2,(H,28,29). The van der Waals surface area contributed by atoms with E-state index >= 15 is 0 Å². The molecule has 30 heavy (non-hydrogen) atoms. The summed E-state index contributed by atoms with van der Waals surface area (Å²) in [6, 6.07) is 19.3. The average molecular weight is 440 g/mol. The quantitative estimate of drug-likeness (QED) is 0.335. The molecule has 0 aliphatic heterocycles. The van der Waals surface area contributed by atoms with Gasteiger partial charge in [0.1, 0.15) is 12.4 Å². The Hall–Kier alpha value is -2.95. The van der Waals surface area contributed by atoms with Crippen LogP contribution in [0.2, 0.25) is 10.0 Å². The second kappa shape index (κ2) is 8.82. The Labute approximate surface area is 184 Å². The Morgan fingerprint density at radius 1 is 0.933 bits per heavy atom. The summed E-state index contributed by atoms with van der Waals surface area (Å²) in [5.41, 5.74) is 4.78. The highest BCUT2D eigenvalue weighted by Gasteiger charge is 2.11. The van der Waals surface area contributed by atoms with Gasteiger partial charge in [-0.05, 0) is 77.0 Å². The average Bonchev–Trinajstić information content (AvgIpc) is 3.18. The minimum Gasteiger partial charge on any atom is -0.488 e. The first-order valence-corrected chi connectivity index (χ1v) is 10.2. The molecule has 1 aromatic heterocycles. The zero-order chi connectivity index (χ0) is 21.1. The van der Waals surface area contributed by atoms with Crippen LogP contribution in [0.25, 0.3) is 22.0 Å². The number of carboxylic acids is 1. The third-order valence-electron chi connectivity index (χ3n) is 4.85. The number of aromatic amines is 1. The van der Waals surface area contributed by atoms with Crippen molar-refractivity contribution >= 4 is 40.1 Å². The predicted molar refractivity (Wildman–Crippen MR) is 120 cm³/mol.